The number of para-hydroxylation sites is 2. The molecule has 1 saturated heterocycles. The van der Waals surface area contributed by atoms with Crippen LogP contribution in [0.3, 0.4) is 0 Å². The lowest BCUT2D eigenvalue weighted by atomic mass is 9.91. The van der Waals surface area contributed by atoms with E-state index in [9.17, 15) is 10.1 Å². The summed E-state index contributed by atoms with van der Waals surface area (Å²) in [6.07, 6.45) is 3.03. The van der Waals surface area contributed by atoms with E-state index in [0.29, 0.717) is 41.4 Å². The van der Waals surface area contributed by atoms with Crippen LogP contribution >= 0.6 is 0 Å². The average molecular weight is 409 g/mol. The summed E-state index contributed by atoms with van der Waals surface area (Å²) in [6.45, 7) is 10.6. The monoisotopic (exact) mass is 408 g/mol. The van der Waals surface area contributed by atoms with Crippen molar-refractivity contribution in [3.8, 4) is 6.07 Å². The molecule has 0 radical (unpaired) electrons. The minimum atomic E-state index is -1.08. The summed E-state index contributed by atoms with van der Waals surface area (Å²) in [6, 6.07) is 9.73. The quantitative estimate of drug-likeness (QED) is 0.618. The number of hydrogen-bond acceptors (Lipinski definition) is 6. The van der Waals surface area contributed by atoms with E-state index in [2.05, 4.69) is 38.7 Å². The molecule has 3 rings (SSSR count). The molecular weight excluding hydrogens is 376 g/mol. The highest BCUT2D eigenvalue weighted by molar-refractivity contribution is 5.85. The maximum atomic E-state index is 12.9. The van der Waals surface area contributed by atoms with Crippen LogP contribution in [0.25, 0.3) is 11.0 Å². The van der Waals surface area contributed by atoms with Gasteiger partial charge in [0.25, 0.3) is 0 Å². The number of nitriles is 1. The number of anilines is 1. The van der Waals surface area contributed by atoms with Crippen molar-refractivity contribution in [2.24, 2.45) is 17.8 Å². The zero-order chi connectivity index (χ0) is 21.7. The van der Waals surface area contributed by atoms with Crippen molar-refractivity contribution in [3.05, 3.63) is 30.0 Å². The number of fused-ring (bicyclic) bond motifs is 1. The second kappa shape index (κ2) is 9.88. The molecule has 6 heteroatoms. The molecule has 0 aliphatic carbocycles. The van der Waals surface area contributed by atoms with Crippen molar-refractivity contribution in [2.75, 3.05) is 24.6 Å². The van der Waals surface area contributed by atoms with E-state index in [0.717, 1.165) is 37.9 Å². The Kier molecular flexibility index (Phi) is 7.25. The average Bonchev–Trinajstić information content (AvgIpc) is 2.73. The van der Waals surface area contributed by atoms with Gasteiger partial charge in [-0.05, 0) is 36.3 Å². The van der Waals surface area contributed by atoms with Crippen LogP contribution in [0.2, 0.25) is 0 Å². The first-order valence-corrected chi connectivity index (χ1v) is 11.0. The number of esters is 1. The third-order valence-corrected chi connectivity index (χ3v) is 6.00. The summed E-state index contributed by atoms with van der Waals surface area (Å²) in [7, 11) is 0. The zero-order valence-electron chi connectivity index (χ0n) is 18.5. The van der Waals surface area contributed by atoms with E-state index in [1.165, 1.54) is 0 Å². The Balaban J connectivity index is 1.99. The van der Waals surface area contributed by atoms with E-state index in [1.807, 2.05) is 24.3 Å². The number of carbonyl (C=O) groups is 1. The van der Waals surface area contributed by atoms with Crippen LogP contribution in [-0.4, -0.2) is 35.6 Å². The van der Waals surface area contributed by atoms with Gasteiger partial charge < -0.3 is 9.64 Å². The molecule has 0 N–H and O–H groups in total. The molecule has 2 aromatic rings. The lowest BCUT2D eigenvalue weighted by Gasteiger charge is -2.36. The van der Waals surface area contributed by atoms with E-state index in [4.69, 9.17) is 14.7 Å². The summed E-state index contributed by atoms with van der Waals surface area (Å²) < 4.78 is 5.54. The van der Waals surface area contributed by atoms with Gasteiger partial charge in [-0.3, -0.25) is 4.79 Å². The maximum Gasteiger partial charge on any atom is 0.329 e. The SMILES string of the molecule is CCC(CC)COC(=O)[C@H](C#N)c1nc2ccccc2nc1N1C[C@@H](C)C[C@H](C)C1. The highest BCUT2D eigenvalue weighted by Gasteiger charge is 2.32. The fraction of sp³-hybridized carbons (Fsp3) is 0.583. The number of piperidine rings is 1. The number of ether oxygens (including phenoxy) is 1. The second-order valence-electron chi connectivity index (χ2n) is 8.65. The predicted octanol–water partition coefficient (Wildman–Crippen LogP) is 4.70. The molecule has 1 aromatic carbocycles. The van der Waals surface area contributed by atoms with Gasteiger partial charge in [-0.15, -0.1) is 0 Å². The first-order valence-electron chi connectivity index (χ1n) is 11.0. The molecule has 0 saturated carbocycles. The molecule has 0 bridgehead atoms. The first-order chi connectivity index (χ1) is 14.5. The van der Waals surface area contributed by atoms with Crippen LogP contribution in [0.4, 0.5) is 5.82 Å². The third kappa shape index (κ3) is 4.89. The maximum absolute atomic E-state index is 12.9. The summed E-state index contributed by atoms with van der Waals surface area (Å²) in [5, 5.41) is 9.89. The highest BCUT2D eigenvalue weighted by atomic mass is 16.5. The van der Waals surface area contributed by atoms with Crippen molar-refractivity contribution in [1.29, 1.82) is 5.26 Å². The summed E-state index contributed by atoms with van der Waals surface area (Å²) in [5.41, 5.74) is 1.86. The van der Waals surface area contributed by atoms with Crippen LogP contribution in [-0.2, 0) is 9.53 Å². The lowest BCUT2D eigenvalue weighted by Crippen LogP contribution is -2.40. The minimum Gasteiger partial charge on any atom is -0.464 e. The normalized spacial score (nSPS) is 20.2. The van der Waals surface area contributed by atoms with Gasteiger partial charge in [0.05, 0.1) is 23.7 Å². The van der Waals surface area contributed by atoms with Gasteiger partial charge in [0.1, 0.15) is 5.69 Å². The minimum absolute atomic E-state index is 0.305. The van der Waals surface area contributed by atoms with Crippen molar-refractivity contribution in [1.82, 2.24) is 9.97 Å². The van der Waals surface area contributed by atoms with E-state index < -0.39 is 11.9 Å². The van der Waals surface area contributed by atoms with E-state index in [-0.39, 0.29) is 0 Å². The van der Waals surface area contributed by atoms with Gasteiger partial charge in [0.2, 0.25) is 0 Å². The van der Waals surface area contributed by atoms with Gasteiger partial charge in [-0.2, -0.15) is 5.26 Å². The fourth-order valence-electron chi connectivity index (χ4n) is 4.30. The number of nitrogens with zero attached hydrogens (tertiary/aromatic N) is 4. The van der Waals surface area contributed by atoms with Crippen LogP contribution in [0.15, 0.2) is 24.3 Å². The van der Waals surface area contributed by atoms with Crippen LogP contribution in [0, 0.1) is 29.1 Å². The summed E-state index contributed by atoms with van der Waals surface area (Å²) in [4.78, 5) is 24.7. The highest BCUT2D eigenvalue weighted by Crippen LogP contribution is 2.32. The number of hydrogen-bond donors (Lipinski definition) is 0. The van der Waals surface area contributed by atoms with Gasteiger partial charge in [-0.1, -0.05) is 52.7 Å². The van der Waals surface area contributed by atoms with Crippen molar-refractivity contribution < 1.29 is 9.53 Å². The molecule has 0 spiro atoms. The predicted molar refractivity (Wildman–Crippen MR) is 118 cm³/mol. The third-order valence-electron chi connectivity index (χ3n) is 6.00. The Bertz CT molecular complexity index is 909. The topological polar surface area (TPSA) is 79.1 Å². The molecule has 1 aliphatic rings. The lowest BCUT2D eigenvalue weighted by molar-refractivity contribution is -0.145. The number of carbonyl (C=O) groups excluding carboxylic acids is 1. The van der Waals surface area contributed by atoms with Crippen molar-refractivity contribution in [2.45, 2.75) is 52.9 Å². The number of rotatable bonds is 7. The van der Waals surface area contributed by atoms with E-state index in [1.54, 1.807) is 0 Å². The molecule has 0 amide bonds. The molecule has 6 nitrogen and oxygen atoms in total. The Labute approximate surface area is 179 Å². The molecule has 1 aliphatic heterocycles. The molecule has 1 aromatic heterocycles. The Morgan fingerprint density at radius 3 is 2.33 bits per heavy atom. The summed E-state index contributed by atoms with van der Waals surface area (Å²) >= 11 is 0. The molecular formula is C24H32N4O2. The smallest absolute Gasteiger partial charge is 0.329 e. The summed E-state index contributed by atoms with van der Waals surface area (Å²) in [5.74, 6) is 0.346. The standard InChI is InChI=1S/C24H32N4O2/c1-5-18(6-2)15-30-24(29)19(12-25)22-23(28-13-16(3)11-17(4)14-28)27-21-10-8-7-9-20(21)26-22/h7-10,16-19H,5-6,11,13-15H2,1-4H3/t16-,17-,19+/m0/s1. The largest absolute Gasteiger partial charge is 0.464 e. The van der Waals surface area contributed by atoms with Crippen LogP contribution < -0.4 is 4.90 Å². The number of aromatic nitrogens is 2. The van der Waals surface area contributed by atoms with Crippen molar-refractivity contribution in [3.63, 3.8) is 0 Å². The first kappa shape index (κ1) is 22.0. The Morgan fingerprint density at radius 2 is 1.77 bits per heavy atom. The van der Waals surface area contributed by atoms with Crippen molar-refractivity contribution >= 4 is 22.8 Å². The van der Waals surface area contributed by atoms with Gasteiger partial charge in [-0.25, -0.2) is 9.97 Å². The van der Waals surface area contributed by atoms with Gasteiger partial charge >= 0.3 is 5.97 Å². The van der Waals surface area contributed by atoms with Crippen LogP contribution in [0.1, 0.15) is 58.6 Å². The van der Waals surface area contributed by atoms with Crippen LogP contribution in [0.5, 0.6) is 0 Å². The van der Waals surface area contributed by atoms with Gasteiger partial charge in [0, 0.05) is 13.1 Å². The van der Waals surface area contributed by atoms with E-state index >= 15 is 0 Å². The van der Waals surface area contributed by atoms with Gasteiger partial charge in [0.15, 0.2) is 11.7 Å². The molecule has 3 atom stereocenters. The molecule has 0 unspecified atom stereocenters. The Morgan fingerprint density at radius 1 is 1.17 bits per heavy atom. The molecule has 160 valence electrons. The fourth-order valence-corrected chi connectivity index (χ4v) is 4.30. The second-order valence-corrected chi connectivity index (χ2v) is 8.65. The molecule has 30 heavy (non-hydrogen) atoms. The molecule has 1 fully saturated rings. The zero-order valence-corrected chi connectivity index (χ0v) is 18.5. The number of benzene rings is 1. The Hall–Kier alpha value is -2.68. The molecule has 2 heterocycles.